The lowest BCUT2D eigenvalue weighted by Gasteiger charge is -2.24. The molecule has 0 saturated heterocycles. The Morgan fingerprint density at radius 3 is 2.63 bits per heavy atom. The lowest BCUT2D eigenvalue weighted by Crippen LogP contribution is -2.39. The van der Waals surface area contributed by atoms with E-state index in [9.17, 15) is 9.59 Å². The second-order valence-electron chi connectivity index (χ2n) is 7.01. The zero-order chi connectivity index (χ0) is 21.4. The molecule has 2 aromatic heterocycles. The Morgan fingerprint density at radius 2 is 2.00 bits per heavy atom. The van der Waals surface area contributed by atoms with Crippen LogP contribution < -0.4 is 14.9 Å². The van der Waals surface area contributed by atoms with Crippen LogP contribution >= 0.6 is 11.3 Å². The number of fused-ring (bicyclic) bond motifs is 1. The number of hydrogen-bond acceptors (Lipinski definition) is 6. The van der Waals surface area contributed by atoms with Crippen molar-refractivity contribution in [2.75, 3.05) is 7.11 Å². The van der Waals surface area contributed by atoms with Gasteiger partial charge in [-0.1, -0.05) is 41.7 Å². The highest BCUT2D eigenvalue weighted by molar-refractivity contribution is 7.07. The van der Waals surface area contributed by atoms with Crippen LogP contribution in [0.5, 0.6) is 0 Å². The van der Waals surface area contributed by atoms with Crippen LogP contribution in [-0.4, -0.2) is 27.4 Å². The molecule has 0 spiro atoms. The number of aryl methyl sites for hydroxylation is 2. The van der Waals surface area contributed by atoms with Gasteiger partial charge < -0.3 is 4.74 Å². The molecule has 7 nitrogen and oxygen atoms in total. The standard InChI is InChI=1S/C22H22N4O3S/c1-5-25-12-16(13(2)24-25)11-17-20(27)26-19(15-9-7-6-8-10-15)18(21(28)29-4)14(3)23-22(26)30-17/h6-12,19H,5H2,1-4H3. The number of benzene rings is 1. The van der Waals surface area contributed by atoms with E-state index in [1.807, 2.05) is 61.1 Å². The summed E-state index contributed by atoms with van der Waals surface area (Å²) >= 11 is 1.31. The molecule has 0 bridgehead atoms. The van der Waals surface area contributed by atoms with Crippen molar-refractivity contribution in [2.24, 2.45) is 4.99 Å². The monoisotopic (exact) mass is 422 g/mol. The molecule has 8 heteroatoms. The number of methoxy groups -OCH3 is 1. The quantitative estimate of drug-likeness (QED) is 0.602. The van der Waals surface area contributed by atoms with Gasteiger partial charge in [-0.15, -0.1) is 0 Å². The number of aromatic nitrogens is 3. The van der Waals surface area contributed by atoms with Crippen molar-refractivity contribution in [3.8, 4) is 0 Å². The number of carbonyl (C=O) groups is 1. The number of nitrogens with zero attached hydrogens (tertiary/aromatic N) is 4. The predicted molar refractivity (Wildman–Crippen MR) is 115 cm³/mol. The molecule has 0 radical (unpaired) electrons. The van der Waals surface area contributed by atoms with Crippen molar-refractivity contribution in [3.05, 3.63) is 84.3 Å². The number of ether oxygens (including phenoxy) is 1. The van der Waals surface area contributed by atoms with Crippen LogP contribution in [-0.2, 0) is 16.1 Å². The van der Waals surface area contributed by atoms with Crippen LogP contribution in [0.3, 0.4) is 0 Å². The van der Waals surface area contributed by atoms with Gasteiger partial charge in [0.2, 0.25) is 0 Å². The lowest BCUT2D eigenvalue weighted by atomic mass is 9.96. The normalized spacial score (nSPS) is 16.4. The summed E-state index contributed by atoms with van der Waals surface area (Å²) in [5.74, 6) is -0.487. The van der Waals surface area contributed by atoms with Crippen LogP contribution in [0.15, 0.2) is 57.6 Å². The Hall–Kier alpha value is -3.26. The van der Waals surface area contributed by atoms with E-state index < -0.39 is 12.0 Å². The topological polar surface area (TPSA) is 78.5 Å². The van der Waals surface area contributed by atoms with E-state index in [1.54, 1.807) is 11.5 Å². The highest BCUT2D eigenvalue weighted by atomic mass is 32.1. The molecule has 0 amide bonds. The van der Waals surface area contributed by atoms with E-state index >= 15 is 0 Å². The molecule has 4 rings (SSSR count). The minimum absolute atomic E-state index is 0.190. The average molecular weight is 423 g/mol. The van der Waals surface area contributed by atoms with Gasteiger partial charge in [0.05, 0.1) is 34.6 Å². The van der Waals surface area contributed by atoms with Gasteiger partial charge in [0.15, 0.2) is 4.80 Å². The minimum atomic E-state index is -0.587. The van der Waals surface area contributed by atoms with Gasteiger partial charge in [-0.2, -0.15) is 5.10 Å². The molecule has 0 N–H and O–H groups in total. The molecular formula is C22H22N4O3S. The largest absolute Gasteiger partial charge is 0.466 e. The van der Waals surface area contributed by atoms with Gasteiger partial charge in [-0.3, -0.25) is 14.0 Å². The van der Waals surface area contributed by atoms with E-state index in [-0.39, 0.29) is 5.56 Å². The van der Waals surface area contributed by atoms with Gasteiger partial charge in [0.1, 0.15) is 0 Å². The fraction of sp³-hybridized carbons (Fsp3) is 0.273. The second kappa shape index (κ2) is 7.87. The molecule has 1 atom stereocenters. The zero-order valence-electron chi connectivity index (χ0n) is 17.2. The molecule has 0 saturated carbocycles. The maximum Gasteiger partial charge on any atom is 0.338 e. The summed E-state index contributed by atoms with van der Waals surface area (Å²) in [5.41, 5.74) is 3.31. The highest BCUT2D eigenvalue weighted by Crippen LogP contribution is 2.30. The number of allylic oxidation sites excluding steroid dienone is 1. The molecule has 1 aliphatic heterocycles. The van der Waals surface area contributed by atoms with Crippen molar-refractivity contribution in [1.82, 2.24) is 14.3 Å². The lowest BCUT2D eigenvalue weighted by molar-refractivity contribution is -0.136. The first-order valence-electron chi connectivity index (χ1n) is 9.64. The van der Waals surface area contributed by atoms with Crippen LogP contribution in [0, 0.1) is 6.92 Å². The molecule has 0 aliphatic carbocycles. The van der Waals surface area contributed by atoms with E-state index in [0.717, 1.165) is 23.4 Å². The van der Waals surface area contributed by atoms with Crippen molar-refractivity contribution in [1.29, 1.82) is 0 Å². The van der Waals surface area contributed by atoms with Gasteiger partial charge in [-0.05, 0) is 32.4 Å². The molecule has 1 unspecified atom stereocenters. The zero-order valence-corrected chi connectivity index (χ0v) is 18.1. The number of hydrogen-bond donors (Lipinski definition) is 0. The first-order chi connectivity index (χ1) is 14.4. The van der Waals surface area contributed by atoms with E-state index in [4.69, 9.17) is 4.74 Å². The summed E-state index contributed by atoms with van der Waals surface area (Å²) in [7, 11) is 1.34. The Balaban J connectivity index is 1.97. The SMILES string of the molecule is CCn1cc(C=c2sc3n(c2=O)C(c2ccccc2)C(C(=O)OC)=C(C)N=3)c(C)n1. The fourth-order valence-corrected chi connectivity index (χ4v) is 4.66. The van der Waals surface area contributed by atoms with Gasteiger partial charge in [0, 0.05) is 18.3 Å². The fourth-order valence-electron chi connectivity index (χ4n) is 3.62. The first-order valence-corrected chi connectivity index (χ1v) is 10.5. The summed E-state index contributed by atoms with van der Waals surface area (Å²) in [5, 5.41) is 4.45. The maximum atomic E-state index is 13.4. The van der Waals surface area contributed by atoms with Crippen molar-refractivity contribution in [2.45, 2.75) is 33.4 Å². The van der Waals surface area contributed by atoms with Gasteiger partial charge in [0.25, 0.3) is 5.56 Å². The molecule has 3 aromatic rings. The van der Waals surface area contributed by atoms with E-state index in [2.05, 4.69) is 10.1 Å². The Kier molecular flexibility index (Phi) is 5.26. The summed E-state index contributed by atoms with van der Waals surface area (Å²) < 4.78 is 8.99. The number of esters is 1. The van der Waals surface area contributed by atoms with Crippen LogP contribution in [0.25, 0.3) is 6.08 Å². The highest BCUT2D eigenvalue weighted by Gasteiger charge is 2.32. The second-order valence-corrected chi connectivity index (χ2v) is 8.02. The van der Waals surface area contributed by atoms with Crippen molar-refractivity contribution in [3.63, 3.8) is 0 Å². The summed E-state index contributed by atoms with van der Waals surface area (Å²) in [6, 6.07) is 8.89. The summed E-state index contributed by atoms with van der Waals surface area (Å²) in [4.78, 5) is 31.1. The molecular weight excluding hydrogens is 400 g/mol. The third-order valence-electron chi connectivity index (χ3n) is 5.14. The third-order valence-corrected chi connectivity index (χ3v) is 6.12. The number of carbonyl (C=O) groups excluding carboxylic acids is 1. The number of rotatable bonds is 4. The van der Waals surface area contributed by atoms with Crippen LogP contribution in [0.4, 0.5) is 0 Å². The summed E-state index contributed by atoms with van der Waals surface area (Å²) in [6.45, 7) is 6.46. The Morgan fingerprint density at radius 1 is 1.27 bits per heavy atom. The van der Waals surface area contributed by atoms with Crippen LogP contribution in [0.2, 0.25) is 0 Å². The minimum Gasteiger partial charge on any atom is -0.466 e. The molecule has 3 heterocycles. The molecule has 30 heavy (non-hydrogen) atoms. The third kappa shape index (κ3) is 3.33. The predicted octanol–water partition coefficient (Wildman–Crippen LogP) is 1.93. The molecule has 0 fully saturated rings. The number of thiazole rings is 1. The average Bonchev–Trinajstić information content (AvgIpc) is 3.26. The van der Waals surface area contributed by atoms with Crippen LogP contribution in [0.1, 0.15) is 36.7 Å². The smallest absolute Gasteiger partial charge is 0.338 e. The van der Waals surface area contributed by atoms with Crippen molar-refractivity contribution < 1.29 is 9.53 Å². The summed E-state index contributed by atoms with van der Waals surface area (Å²) in [6.07, 6.45) is 3.77. The van der Waals surface area contributed by atoms with Gasteiger partial charge in [-0.25, -0.2) is 9.79 Å². The Bertz CT molecular complexity index is 1330. The first kappa shape index (κ1) is 20.0. The van der Waals surface area contributed by atoms with Crippen molar-refractivity contribution >= 4 is 23.4 Å². The molecule has 154 valence electrons. The molecule has 1 aromatic carbocycles. The molecule has 1 aliphatic rings. The van der Waals surface area contributed by atoms with E-state index in [0.29, 0.717) is 20.6 Å². The van der Waals surface area contributed by atoms with Gasteiger partial charge >= 0.3 is 5.97 Å². The van der Waals surface area contributed by atoms with E-state index in [1.165, 1.54) is 18.4 Å². The maximum absolute atomic E-state index is 13.4. The Labute approximate surface area is 177 Å².